The predicted molar refractivity (Wildman–Crippen MR) is 150 cm³/mol. The van der Waals surface area contributed by atoms with Crippen LogP contribution in [0.5, 0.6) is 0 Å². The van der Waals surface area contributed by atoms with E-state index in [-0.39, 0.29) is 15.7 Å². The Labute approximate surface area is 230 Å². The van der Waals surface area contributed by atoms with Crippen LogP contribution in [0.1, 0.15) is 5.76 Å². The minimum absolute atomic E-state index is 0.00161. The normalized spacial score (nSPS) is 15.2. The molecule has 5 nitrogen and oxygen atoms in total. The molecule has 36 heavy (non-hydrogen) atoms. The van der Waals surface area contributed by atoms with E-state index in [0.29, 0.717) is 27.9 Å². The minimum atomic E-state index is -0.600. The molecule has 0 atom stereocenters. The molecule has 0 N–H and O–H groups in total. The lowest BCUT2D eigenvalue weighted by atomic mass is 10.1. The predicted octanol–water partition coefficient (Wildman–Crippen LogP) is 7.76. The molecule has 3 aromatic carbocycles. The third kappa shape index (κ3) is 4.63. The third-order valence-corrected chi connectivity index (χ3v) is 7.10. The number of hydrogen-bond donors (Lipinski definition) is 0. The second-order valence-corrected chi connectivity index (χ2v) is 9.86. The Kier molecular flexibility index (Phi) is 6.81. The average molecular weight is 598 g/mol. The number of rotatable bonds is 4. The standard InChI is InChI=1S/C27H15BrCl2N2O3S/c28-17-8-6-16(7-9-17)24-13-11-20(35-24)15-21-25(33)31(18-4-2-1-3-5-18)27(36)32(26(21)34)19-10-12-22(29)23(30)14-19/h1-15H. The summed E-state index contributed by atoms with van der Waals surface area (Å²) >= 11 is 21.3. The molecule has 4 aromatic rings. The first-order valence-corrected chi connectivity index (χ1v) is 12.6. The third-order valence-electron chi connectivity index (χ3n) is 5.47. The Morgan fingerprint density at radius 3 is 2.11 bits per heavy atom. The van der Waals surface area contributed by atoms with Crippen molar-refractivity contribution in [2.45, 2.75) is 0 Å². The molecular weight excluding hydrogens is 583 g/mol. The monoisotopic (exact) mass is 596 g/mol. The van der Waals surface area contributed by atoms with E-state index in [2.05, 4.69) is 15.9 Å². The Morgan fingerprint density at radius 1 is 0.778 bits per heavy atom. The molecule has 0 spiro atoms. The van der Waals surface area contributed by atoms with Crippen molar-refractivity contribution in [2.24, 2.45) is 0 Å². The second-order valence-electron chi connectivity index (χ2n) is 7.76. The molecule has 2 amide bonds. The van der Waals surface area contributed by atoms with Crippen LogP contribution in [0.25, 0.3) is 17.4 Å². The van der Waals surface area contributed by atoms with Gasteiger partial charge in [-0.05, 0) is 72.9 Å². The fourth-order valence-corrected chi connectivity index (χ4v) is 4.66. The summed E-state index contributed by atoms with van der Waals surface area (Å²) in [7, 11) is 0. The first-order valence-electron chi connectivity index (χ1n) is 10.6. The molecule has 1 aromatic heterocycles. The highest BCUT2D eigenvalue weighted by Gasteiger charge is 2.41. The van der Waals surface area contributed by atoms with Crippen LogP contribution in [-0.2, 0) is 9.59 Å². The number of para-hydroxylation sites is 1. The first-order chi connectivity index (χ1) is 17.3. The zero-order chi connectivity index (χ0) is 25.4. The summed E-state index contributed by atoms with van der Waals surface area (Å²) in [5, 5.41) is 0.587. The zero-order valence-electron chi connectivity index (χ0n) is 18.3. The van der Waals surface area contributed by atoms with Crippen molar-refractivity contribution in [2.75, 3.05) is 9.80 Å². The molecule has 5 rings (SSSR count). The van der Waals surface area contributed by atoms with Gasteiger partial charge in [0.25, 0.3) is 11.8 Å². The zero-order valence-corrected chi connectivity index (χ0v) is 22.2. The maximum atomic E-state index is 13.6. The van der Waals surface area contributed by atoms with Gasteiger partial charge in [0.1, 0.15) is 17.1 Å². The van der Waals surface area contributed by atoms with Gasteiger partial charge in [0.05, 0.1) is 21.4 Å². The van der Waals surface area contributed by atoms with E-state index >= 15 is 0 Å². The van der Waals surface area contributed by atoms with Gasteiger partial charge < -0.3 is 4.42 Å². The highest BCUT2D eigenvalue weighted by Crippen LogP contribution is 2.34. The van der Waals surface area contributed by atoms with Crippen LogP contribution in [0.2, 0.25) is 10.0 Å². The highest BCUT2D eigenvalue weighted by atomic mass is 79.9. The lowest BCUT2D eigenvalue weighted by molar-refractivity contribution is -0.120. The quantitative estimate of drug-likeness (QED) is 0.137. The fourth-order valence-electron chi connectivity index (χ4n) is 3.73. The van der Waals surface area contributed by atoms with Crippen molar-refractivity contribution < 1.29 is 14.0 Å². The summed E-state index contributed by atoms with van der Waals surface area (Å²) in [4.78, 5) is 29.8. The molecule has 9 heteroatoms. The van der Waals surface area contributed by atoms with Crippen LogP contribution in [0.3, 0.4) is 0 Å². The van der Waals surface area contributed by atoms with Crippen LogP contribution in [0, 0.1) is 0 Å². The maximum absolute atomic E-state index is 13.6. The van der Waals surface area contributed by atoms with E-state index in [1.54, 1.807) is 48.5 Å². The van der Waals surface area contributed by atoms with Gasteiger partial charge in [-0.3, -0.25) is 19.4 Å². The number of nitrogens with zero attached hydrogens (tertiary/aromatic N) is 2. The van der Waals surface area contributed by atoms with Gasteiger partial charge in [0, 0.05) is 10.0 Å². The summed E-state index contributed by atoms with van der Waals surface area (Å²) in [6.45, 7) is 0. The van der Waals surface area contributed by atoms with Gasteiger partial charge in [-0.15, -0.1) is 0 Å². The molecule has 1 fully saturated rings. The maximum Gasteiger partial charge on any atom is 0.270 e. The van der Waals surface area contributed by atoms with Crippen molar-refractivity contribution >= 4 is 85.7 Å². The molecule has 1 aliphatic rings. The lowest BCUT2D eigenvalue weighted by Gasteiger charge is -2.36. The van der Waals surface area contributed by atoms with Gasteiger partial charge in [0.2, 0.25) is 0 Å². The van der Waals surface area contributed by atoms with Crippen LogP contribution in [0.4, 0.5) is 11.4 Å². The van der Waals surface area contributed by atoms with Gasteiger partial charge in [-0.2, -0.15) is 0 Å². The number of carbonyl (C=O) groups excluding carboxylic acids is 2. The van der Waals surface area contributed by atoms with Crippen molar-refractivity contribution in [3.63, 3.8) is 0 Å². The van der Waals surface area contributed by atoms with Crippen molar-refractivity contribution in [1.29, 1.82) is 0 Å². The Balaban J connectivity index is 1.60. The Hall–Kier alpha value is -3.23. The molecule has 2 heterocycles. The molecule has 0 aliphatic carbocycles. The molecular formula is C27H15BrCl2N2O3S. The van der Waals surface area contributed by atoms with Crippen molar-refractivity contribution in [3.05, 3.63) is 111 Å². The smallest absolute Gasteiger partial charge is 0.270 e. The van der Waals surface area contributed by atoms with Crippen LogP contribution >= 0.6 is 51.3 Å². The second kappa shape index (κ2) is 10.0. The van der Waals surface area contributed by atoms with Gasteiger partial charge in [0.15, 0.2) is 5.11 Å². The number of carbonyl (C=O) groups is 2. The highest BCUT2D eigenvalue weighted by molar-refractivity contribution is 9.10. The fraction of sp³-hybridized carbons (Fsp3) is 0. The largest absolute Gasteiger partial charge is 0.457 e. The number of halogens is 3. The summed E-state index contributed by atoms with van der Waals surface area (Å²) in [6.07, 6.45) is 1.43. The van der Waals surface area contributed by atoms with Crippen LogP contribution in [0.15, 0.2) is 99.4 Å². The van der Waals surface area contributed by atoms with E-state index in [9.17, 15) is 9.59 Å². The number of amides is 2. The lowest BCUT2D eigenvalue weighted by Crippen LogP contribution is -2.56. The van der Waals surface area contributed by atoms with Crippen molar-refractivity contribution in [3.8, 4) is 11.3 Å². The van der Waals surface area contributed by atoms with E-state index in [1.165, 1.54) is 21.9 Å². The number of anilines is 2. The Morgan fingerprint density at radius 2 is 1.44 bits per heavy atom. The molecule has 178 valence electrons. The summed E-state index contributed by atoms with van der Waals surface area (Å²) < 4.78 is 6.89. The molecule has 0 bridgehead atoms. The van der Waals surface area contributed by atoms with Crippen LogP contribution < -0.4 is 9.80 Å². The van der Waals surface area contributed by atoms with Gasteiger partial charge in [-0.1, -0.05) is 69.5 Å². The number of hydrogen-bond acceptors (Lipinski definition) is 4. The number of benzene rings is 3. The summed E-state index contributed by atoms with van der Waals surface area (Å²) in [5.74, 6) is -0.215. The topological polar surface area (TPSA) is 53.8 Å². The van der Waals surface area contributed by atoms with Gasteiger partial charge in [-0.25, -0.2) is 0 Å². The van der Waals surface area contributed by atoms with Gasteiger partial charge >= 0.3 is 0 Å². The van der Waals surface area contributed by atoms with E-state index in [4.69, 9.17) is 39.8 Å². The van der Waals surface area contributed by atoms with E-state index in [0.717, 1.165) is 10.0 Å². The Bertz CT molecular complexity index is 1530. The molecule has 0 radical (unpaired) electrons. The number of furan rings is 1. The summed E-state index contributed by atoms with van der Waals surface area (Å²) in [6, 6.07) is 24.7. The van der Waals surface area contributed by atoms with E-state index < -0.39 is 11.8 Å². The first kappa shape index (κ1) is 24.5. The minimum Gasteiger partial charge on any atom is -0.457 e. The molecule has 1 aliphatic heterocycles. The molecule has 0 saturated carbocycles. The van der Waals surface area contributed by atoms with Crippen LogP contribution in [-0.4, -0.2) is 16.9 Å². The SMILES string of the molecule is O=C1C(=Cc2ccc(-c3ccc(Br)cc3)o2)C(=O)N(c2ccc(Cl)c(Cl)c2)C(=S)N1c1ccccc1. The van der Waals surface area contributed by atoms with Crippen molar-refractivity contribution in [1.82, 2.24) is 0 Å². The van der Waals surface area contributed by atoms with E-state index in [1.807, 2.05) is 30.3 Å². The summed E-state index contributed by atoms with van der Waals surface area (Å²) in [5.41, 5.74) is 1.64. The molecule has 0 unspecified atom stereocenters. The number of thiocarbonyl (C=S) groups is 1. The average Bonchev–Trinajstić information content (AvgIpc) is 3.34. The molecule has 1 saturated heterocycles.